The Balaban J connectivity index is 2.04. The number of nitrogens with two attached hydrogens (primary N) is 1. The van der Waals surface area contributed by atoms with Crippen LogP contribution in [0.3, 0.4) is 0 Å². The monoisotopic (exact) mass is 368 g/mol. The van der Waals surface area contributed by atoms with Gasteiger partial charge in [-0.25, -0.2) is 9.97 Å². The fraction of sp³-hybridized carbons (Fsp3) is 0.545. The number of unbranched alkanes of at least 4 members (excludes halogenated alkanes) is 3. The molecular weight excluding hydrogens is 336 g/mol. The molecule has 0 aliphatic heterocycles. The zero-order chi connectivity index (χ0) is 19.2. The van der Waals surface area contributed by atoms with E-state index in [0.717, 1.165) is 78.8 Å². The molecule has 2 heterocycles. The molecule has 3 aromatic rings. The average Bonchev–Trinajstić information content (AvgIpc) is 3.03. The van der Waals surface area contributed by atoms with Gasteiger partial charge >= 0.3 is 0 Å². The molecule has 146 valence electrons. The van der Waals surface area contributed by atoms with Crippen molar-refractivity contribution in [2.75, 3.05) is 12.3 Å². The normalized spacial score (nSPS) is 11.5. The van der Waals surface area contributed by atoms with Crippen molar-refractivity contribution in [2.45, 2.75) is 72.3 Å². The number of pyridine rings is 1. The zero-order valence-electron chi connectivity index (χ0n) is 16.9. The Morgan fingerprint density at radius 1 is 1.00 bits per heavy atom. The number of ether oxygens (including phenoxy) is 1. The molecule has 3 rings (SSSR count). The van der Waals surface area contributed by atoms with E-state index < -0.39 is 0 Å². The maximum atomic E-state index is 6.29. The van der Waals surface area contributed by atoms with Gasteiger partial charge < -0.3 is 15.0 Å². The standard InChI is InChI=1S/C22H32N4O/c1-4-7-9-14-27-16-11-12-17-18(15-16)24-22(23)20-21(17)26(13-6-3)19(25-20)10-8-5-2/h11-12,15H,4-10,13-14H2,1-3H3,(H2,23,24). The average molecular weight is 369 g/mol. The van der Waals surface area contributed by atoms with Gasteiger partial charge in [-0.05, 0) is 31.4 Å². The van der Waals surface area contributed by atoms with Crippen molar-refractivity contribution in [3.8, 4) is 5.75 Å². The highest BCUT2D eigenvalue weighted by Crippen LogP contribution is 2.31. The third-order valence-electron chi connectivity index (χ3n) is 4.97. The van der Waals surface area contributed by atoms with Gasteiger partial charge in [0.2, 0.25) is 0 Å². The summed E-state index contributed by atoms with van der Waals surface area (Å²) >= 11 is 0. The van der Waals surface area contributed by atoms with E-state index in [2.05, 4.69) is 36.4 Å². The van der Waals surface area contributed by atoms with Crippen LogP contribution in [0.5, 0.6) is 5.75 Å². The van der Waals surface area contributed by atoms with Crippen molar-refractivity contribution >= 4 is 27.8 Å². The summed E-state index contributed by atoms with van der Waals surface area (Å²) in [5.41, 5.74) is 9.12. The molecule has 0 bridgehead atoms. The van der Waals surface area contributed by atoms with Gasteiger partial charge in [0.15, 0.2) is 5.82 Å². The van der Waals surface area contributed by atoms with Crippen LogP contribution >= 0.6 is 0 Å². The molecule has 2 aromatic heterocycles. The lowest BCUT2D eigenvalue weighted by atomic mass is 10.1. The molecule has 2 N–H and O–H groups in total. The molecule has 5 nitrogen and oxygen atoms in total. The first-order chi connectivity index (χ1) is 13.2. The zero-order valence-corrected chi connectivity index (χ0v) is 16.9. The molecule has 0 aliphatic rings. The second-order valence-corrected chi connectivity index (χ2v) is 7.21. The number of rotatable bonds is 10. The molecule has 0 unspecified atom stereocenters. The predicted octanol–water partition coefficient (Wildman–Crippen LogP) is 5.49. The maximum absolute atomic E-state index is 6.29. The highest BCUT2D eigenvalue weighted by molar-refractivity contribution is 6.06. The number of aryl methyl sites for hydroxylation is 2. The van der Waals surface area contributed by atoms with Crippen LogP contribution in [-0.4, -0.2) is 21.1 Å². The van der Waals surface area contributed by atoms with Crippen molar-refractivity contribution in [3.05, 3.63) is 24.0 Å². The number of anilines is 1. The Morgan fingerprint density at radius 3 is 2.56 bits per heavy atom. The topological polar surface area (TPSA) is 66.0 Å². The molecule has 5 heteroatoms. The van der Waals surface area contributed by atoms with Crippen LogP contribution in [0.1, 0.15) is 65.1 Å². The number of hydrogen-bond acceptors (Lipinski definition) is 4. The molecule has 0 saturated carbocycles. The van der Waals surface area contributed by atoms with Crippen LogP contribution in [0.2, 0.25) is 0 Å². The van der Waals surface area contributed by atoms with Gasteiger partial charge in [-0.15, -0.1) is 0 Å². The molecule has 0 amide bonds. The Bertz CT molecular complexity index is 900. The van der Waals surface area contributed by atoms with Crippen molar-refractivity contribution in [2.24, 2.45) is 0 Å². The Labute approximate surface area is 161 Å². The summed E-state index contributed by atoms with van der Waals surface area (Å²) in [5, 5.41) is 1.10. The van der Waals surface area contributed by atoms with Gasteiger partial charge in [0, 0.05) is 24.4 Å². The summed E-state index contributed by atoms with van der Waals surface area (Å²) in [5.74, 6) is 2.49. The first-order valence-electron chi connectivity index (χ1n) is 10.4. The molecule has 0 spiro atoms. The summed E-state index contributed by atoms with van der Waals surface area (Å²) in [7, 11) is 0. The summed E-state index contributed by atoms with van der Waals surface area (Å²) < 4.78 is 8.24. The van der Waals surface area contributed by atoms with E-state index in [0.29, 0.717) is 5.82 Å². The summed E-state index contributed by atoms with van der Waals surface area (Å²) in [6, 6.07) is 6.16. The second kappa shape index (κ2) is 9.07. The van der Waals surface area contributed by atoms with Gasteiger partial charge in [0.05, 0.1) is 17.6 Å². The first kappa shape index (κ1) is 19.5. The maximum Gasteiger partial charge on any atom is 0.152 e. The summed E-state index contributed by atoms with van der Waals surface area (Å²) in [6.45, 7) is 8.29. The fourth-order valence-corrected chi connectivity index (χ4v) is 3.56. The lowest BCUT2D eigenvalue weighted by Crippen LogP contribution is -2.04. The van der Waals surface area contributed by atoms with E-state index in [9.17, 15) is 0 Å². The molecule has 0 saturated heterocycles. The third-order valence-corrected chi connectivity index (χ3v) is 4.97. The summed E-state index contributed by atoms with van der Waals surface area (Å²) in [4.78, 5) is 9.48. The van der Waals surface area contributed by atoms with Crippen molar-refractivity contribution < 1.29 is 4.74 Å². The molecule has 1 aromatic carbocycles. The van der Waals surface area contributed by atoms with E-state index in [-0.39, 0.29) is 0 Å². The quantitative estimate of drug-likeness (QED) is 0.481. The van der Waals surface area contributed by atoms with Crippen LogP contribution < -0.4 is 10.5 Å². The second-order valence-electron chi connectivity index (χ2n) is 7.21. The number of nitrogens with zero attached hydrogens (tertiary/aromatic N) is 3. The molecule has 0 atom stereocenters. The minimum absolute atomic E-state index is 0.508. The largest absolute Gasteiger partial charge is 0.494 e. The minimum atomic E-state index is 0.508. The van der Waals surface area contributed by atoms with E-state index in [1.165, 1.54) is 12.8 Å². The van der Waals surface area contributed by atoms with E-state index in [4.69, 9.17) is 15.5 Å². The van der Waals surface area contributed by atoms with E-state index in [1.807, 2.05) is 12.1 Å². The smallest absolute Gasteiger partial charge is 0.152 e. The Morgan fingerprint density at radius 2 is 1.81 bits per heavy atom. The van der Waals surface area contributed by atoms with Crippen molar-refractivity contribution in [1.82, 2.24) is 14.5 Å². The number of aromatic nitrogens is 3. The van der Waals surface area contributed by atoms with Crippen LogP contribution in [0.4, 0.5) is 5.82 Å². The Kier molecular flexibility index (Phi) is 6.54. The fourth-order valence-electron chi connectivity index (χ4n) is 3.56. The van der Waals surface area contributed by atoms with Gasteiger partial charge in [-0.2, -0.15) is 0 Å². The lowest BCUT2D eigenvalue weighted by Gasteiger charge is -2.11. The molecule has 27 heavy (non-hydrogen) atoms. The first-order valence-corrected chi connectivity index (χ1v) is 10.4. The molecule has 0 fully saturated rings. The lowest BCUT2D eigenvalue weighted by molar-refractivity contribution is 0.306. The van der Waals surface area contributed by atoms with Crippen LogP contribution in [0.25, 0.3) is 21.9 Å². The van der Waals surface area contributed by atoms with Gasteiger partial charge in [0.1, 0.15) is 17.1 Å². The molecule has 0 aliphatic carbocycles. The molecule has 0 radical (unpaired) electrons. The Hall–Kier alpha value is -2.30. The highest BCUT2D eigenvalue weighted by Gasteiger charge is 2.17. The van der Waals surface area contributed by atoms with Gasteiger partial charge in [-0.3, -0.25) is 0 Å². The van der Waals surface area contributed by atoms with Gasteiger partial charge in [-0.1, -0.05) is 40.0 Å². The van der Waals surface area contributed by atoms with Crippen LogP contribution in [0.15, 0.2) is 18.2 Å². The van der Waals surface area contributed by atoms with Crippen LogP contribution in [-0.2, 0) is 13.0 Å². The summed E-state index contributed by atoms with van der Waals surface area (Å²) in [6.07, 6.45) is 7.79. The van der Waals surface area contributed by atoms with Crippen molar-refractivity contribution in [1.29, 1.82) is 0 Å². The number of fused-ring (bicyclic) bond motifs is 3. The van der Waals surface area contributed by atoms with Crippen molar-refractivity contribution in [3.63, 3.8) is 0 Å². The SMILES string of the molecule is CCCCCOc1ccc2c(c1)nc(N)c1nc(CCCC)n(CCC)c12. The molecular formula is C22H32N4O. The number of benzene rings is 1. The van der Waals surface area contributed by atoms with E-state index in [1.54, 1.807) is 0 Å². The number of nitrogen functional groups attached to an aromatic ring is 1. The number of hydrogen-bond donors (Lipinski definition) is 1. The predicted molar refractivity (Wildman–Crippen MR) is 113 cm³/mol. The van der Waals surface area contributed by atoms with E-state index >= 15 is 0 Å². The highest BCUT2D eigenvalue weighted by atomic mass is 16.5. The minimum Gasteiger partial charge on any atom is -0.494 e. The van der Waals surface area contributed by atoms with Gasteiger partial charge in [0.25, 0.3) is 0 Å². The number of imidazole rings is 1. The third kappa shape index (κ3) is 4.18. The van der Waals surface area contributed by atoms with Crippen LogP contribution in [0, 0.1) is 0 Å².